The predicted molar refractivity (Wildman–Crippen MR) is 60.4 cm³/mol. The molecule has 15 heavy (non-hydrogen) atoms. The molecule has 0 radical (unpaired) electrons. The normalized spacial score (nSPS) is 17.7. The van der Waals surface area contributed by atoms with Gasteiger partial charge in [-0.3, -0.25) is 0 Å². The number of esters is 1. The summed E-state index contributed by atoms with van der Waals surface area (Å²) in [6.07, 6.45) is 1.95. The molecule has 82 valence electrons. The first-order chi connectivity index (χ1) is 7.25. The molecule has 4 heteroatoms. The third-order valence-electron chi connectivity index (χ3n) is 2.50. The Morgan fingerprint density at radius 1 is 1.47 bits per heavy atom. The zero-order valence-corrected chi connectivity index (χ0v) is 9.60. The first-order valence-corrected chi connectivity index (χ1v) is 6.05. The quantitative estimate of drug-likeness (QED) is 0.782. The molecule has 1 aromatic heterocycles. The number of aryl methyl sites for hydroxylation is 1. The molecule has 0 aromatic carbocycles. The van der Waals surface area contributed by atoms with E-state index in [1.165, 1.54) is 11.3 Å². The Bertz CT molecular complexity index is 342. The standard InChI is InChI=1S/C11H15NO2S/c1-8-2-3-10(15-8)11(13)14-9-4-6-12-7-5-9/h2-3,9,12H,4-7H2,1H3. The molecule has 0 unspecified atom stereocenters. The molecule has 0 bridgehead atoms. The van der Waals surface area contributed by atoms with Crippen molar-refractivity contribution in [2.75, 3.05) is 13.1 Å². The third kappa shape index (κ3) is 2.79. The number of nitrogens with one attached hydrogen (secondary N) is 1. The van der Waals surface area contributed by atoms with Crippen LogP contribution in [0.1, 0.15) is 27.4 Å². The molecule has 1 aliphatic heterocycles. The Labute approximate surface area is 93.4 Å². The van der Waals surface area contributed by atoms with Crippen molar-refractivity contribution in [1.82, 2.24) is 5.32 Å². The minimum absolute atomic E-state index is 0.0983. The van der Waals surface area contributed by atoms with Crippen molar-refractivity contribution in [2.24, 2.45) is 0 Å². The van der Waals surface area contributed by atoms with Gasteiger partial charge in [-0.15, -0.1) is 11.3 Å². The average Bonchev–Trinajstić information content (AvgIpc) is 2.66. The van der Waals surface area contributed by atoms with Crippen LogP contribution < -0.4 is 5.32 Å². The lowest BCUT2D eigenvalue weighted by molar-refractivity contribution is 0.0235. The first kappa shape index (κ1) is 10.6. The summed E-state index contributed by atoms with van der Waals surface area (Å²) in [6.45, 7) is 3.88. The smallest absolute Gasteiger partial charge is 0.348 e. The van der Waals surface area contributed by atoms with Gasteiger partial charge in [0.25, 0.3) is 0 Å². The number of ether oxygens (including phenoxy) is 1. The van der Waals surface area contributed by atoms with Crippen molar-refractivity contribution >= 4 is 17.3 Å². The van der Waals surface area contributed by atoms with Gasteiger partial charge in [-0.1, -0.05) is 0 Å². The topological polar surface area (TPSA) is 38.3 Å². The molecule has 1 N–H and O–H groups in total. The number of carbonyl (C=O) groups is 1. The molecule has 0 amide bonds. The van der Waals surface area contributed by atoms with Gasteiger partial charge in [0.1, 0.15) is 11.0 Å². The van der Waals surface area contributed by atoms with Crippen LogP contribution in [0.3, 0.4) is 0 Å². The van der Waals surface area contributed by atoms with Crippen molar-refractivity contribution in [1.29, 1.82) is 0 Å². The van der Waals surface area contributed by atoms with Crippen LogP contribution in [0.2, 0.25) is 0 Å². The lowest BCUT2D eigenvalue weighted by Gasteiger charge is -2.22. The summed E-state index contributed by atoms with van der Waals surface area (Å²) in [5.41, 5.74) is 0. The molecule has 0 saturated carbocycles. The number of hydrogen-bond donors (Lipinski definition) is 1. The van der Waals surface area contributed by atoms with Gasteiger partial charge in [0.2, 0.25) is 0 Å². The van der Waals surface area contributed by atoms with Crippen LogP contribution in [0.5, 0.6) is 0 Å². The Hall–Kier alpha value is -0.870. The van der Waals surface area contributed by atoms with Crippen molar-refractivity contribution in [2.45, 2.75) is 25.9 Å². The second kappa shape index (κ2) is 4.77. The Balaban J connectivity index is 1.91. The van der Waals surface area contributed by atoms with E-state index in [1.54, 1.807) is 0 Å². The number of rotatable bonds is 2. The van der Waals surface area contributed by atoms with Crippen molar-refractivity contribution in [3.8, 4) is 0 Å². The first-order valence-electron chi connectivity index (χ1n) is 5.24. The van der Waals surface area contributed by atoms with E-state index in [0.717, 1.165) is 30.8 Å². The van der Waals surface area contributed by atoms with Gasteiger partial charge in [-0.2, -0.15) is 0 Å². The summed E-state index contributed by atoms with van der Waals surface area (Å²) in [6, 6.07) is 3.78. The van der Waals surface area contributed by atoms with Gasteiger partial charge >= 0.3 is 5.97 Å². The van der Waals surface area contributed by atoms with Crippen molar-refractivity contribution in [3.63, 3.8) is 0 Å². The Kier molecular flexibility index (Phi) is 3.38. The van der Waals surface area contributed by atoms with E-state index in [9.17, 15) is 4.79 Å². The fraction of sp³-hybridized carbons (Fsp3) is 0.545. The number of carbonyl (C=O) groups excluding carboxylic acids is 1. The second-order valence-corrected chi connectivity index (χ2v) is 5.05. The molecular formula is C11H15NO2S. The maximum atomic E-state index is 11.7. The van der Waals surface area contributed by atoms with Crippen LogP contribution in [0.15, 0.2) is 12.1 Å². The summed E-state index contributed by atoms with van der Waals surface area (Å²) in [4.78, 5) is 13.6. The van der Waals surface area contributed by atoms with Crippen LogP contribution in [0.4, 0.5) is 0 Å². The highest BCUT2D eigenvalue weighted by Gasteiger charge is 2.19. The lowest BCUT2D eigenvalue weighted by atomic mass is 10.1. The van der Waals surface area contributed by atoms with E-state index in [0.29, 0.717) is 4.88 Å². The zero-order valence-electron chi connectivity index (χ0n) is 8.79. The number of hydrogen-bond acceptors (Lipinski definition) is 4. The van der Waals surface area contributed by atoms with Gasteiger partial charge in [0.15, 0.2) is 0 Å². The molecular weight excluding hydrogens is 210 g/mol. The molecule has 1 saturated heterocycles. The zero-order chi connectivity index (χ0) is 10.7. The monoisotopic (exact) mass is 225 g/mol. The van der Waals surface area contributed by atoms with E-state index in [1.807, 2.05) is 19.1 Å². The van der Waals surface area contributed by atoms with Gasteiger partial charge in [-0.25, -0.2) is 4.79 Å². The lowest BCUT2D eigenvalue weighted by Crippen LogP contribution is -2.33. The maximum absolute atomic E-state index is 11.7. The summed E-state index contributed by atoms with van der Waals surface area (Å²) in [5, 5.41) is 3.24. The highest BCUT2D eigenvalue weighted by molar-refractivity contribution is 7.13. The summed E-state index contributed by atoms with van der Waals surface area (Å²) < 4.78 is 5.42. The third-order valence-corrected chi connectivity index (χ3v) is 3.48. The van der Waals surface area contributed by atoms with Crippen LogP contribution in [-0.2, 0) is 4.74 Å². The van der Waals surface area contributed by atoms with Gasteiger partial charge in [-0.05, 0) is 45.0 Å². The van der Waals surface area contributed by atoms with E-state index < -0.39 is 0 Å². The van der Waals surface area contributed by atoms with Crippen LogP contribution in [-0.4, -0.2) is 25.2 Å². The van der Waals surface area contributed by atoms with E-state index in [2.05, 4.69) is 5.32 Å². The minimum Gasteiger partial charge on any atom is -0.458 e. The Morgan fingerprint density at radius 2 is 2.20 bits per heavy atom. The largest absolute Gasteiger partial charge is 0.458 e. The number of piperidine rings is 1. The second-order valence-electron chi connectivity index (χ2n) is 3.76. The fourth-order valence-corrected chi connectivity index (χ4v) is 2.42. The van der Waals surface area contributed by atoms with E-state index in [-0.39, 0.29) is 12.1 Å². The molecule has 2 rings (SSSR count). The molecule has 1 fully saturated rings. The Morgan fingerprint density at radius 3 is 2.80 bits per heavy atom. The van der Waals surface area contributed by atoms with E-state index >= 15 is 0 Å². The van der Waals surface area contributed by atoms with Gasteiger partial charge < -0.3 is 10.1 Å². The number of thiophene rings is 1. The van der Waals surface area contributed by atoms with Crippen LogP contribution in [0, 0.1) is 6.92 Å². The van der Waals surface area contributed by atoms with E-state index in [4.69, 9.17) is 4.74 Å². The SMILES string of the molecule is Cc1ccc(C(=O)OC2CCNCC2)s1. The van der Waals surface area contributed by atoms with Gasteiger partial charge in [0, 0.05) is 4.88 Å². The minimum atomic E-state index is -0.167. The summed E-state index contributed by atoms with van der Waals surface area (Å²) in [7, 11) is 0. The summed E-state index contributed by atoms with van der Waals surface area (Å²) >= 11 is 1.49. The summed E-state index contributed by atoms with van der Waals surface area (Å²) in [5.74, 6) is -0.167. The molecule has 3 nitrogen and oxygen atoms in total. The van der Waals surface area contributed by atoms with Crippen molar-refractivity contribution in [3.05, 3.63) is 21.9 Å². The van der Waals surface area contributed by atoms with Crippen LogP contribution >= 0.6 is 11.3 Å². The molecule has 1 aromatic rings. The molecule has 0 spiro atoms. The van der Waals surface area contributed by atoms with Gasteiger partial charge in [0.05, 0.1) is 0 Å². The molecule has 0 aliphatic carbocycles. The highest BCUT2D eigenvalue weighted by Crippen LogP contribution is 2.18. The molecule has 2 heterocycles. The fourth-order valence-electron chi connectivity index (χ4n) is 1.67. The average molecular weight is 225 g/mol. The molecule has 0 atom stereocenters. The highest BCUT2D eigenvalue weighted by atomic mass is 32.1. The predicted octanol–water partition coefficient (Wildman–Crippen LogP) is 1.97. The van der Waals surface area contributed by atoms with Crippen LogP contribution in [0.25, 0.3) is 0 Å². The maximum Gasteiger partial charge on any atom is 0.348 e. The molecule has 1 aliphatic rings. The van der Waals surface area contributed by atoms with Crippen molar-refractivity contribution < 1.29 is 9.53 Å².